The van der Waals surface area contributed by atoms with Gasteiger partial charge in [0.1, 0.15) is 5.52 Å². The van der Waals surface area contributed by atoms with Gasteiger partial charge in [-0.1, -0.05) is 12.1 Å². The molecule has 1 aromatic heterocycles. The van der Waals surface area contributed by atoms with Gasteiger partial charge in [-0.3, -0.25) is 4.79 Å². The summed E-state index contributed by atoms with van der Waals surface area (Å²) in [6.45, 7) is 1.75. The fourth-order valence-corrected chi connectivity index (χ4v) is 2.87. The van der Waals surface area contributed by atoms with Gasteiger partial charge in [-0.05, 0) is 37.8 Å². The van der Waals surface area contributed by atoms with E-state index in [1.165, 1.54) is 0 Å². The SMILES string of the molecule is O=C(NC1CCN(c2nc3ccccc3o2)CC1)C1CC1. The van der Waals surface area contributed by atoms with E-state index in [0.717, 1.165) is 49.9 Å². The average Bonchev–Trinajstić information content (AvgIpc) is 3.27. The Kier molecular flexibility index (Phi) is 3.05. The van der Waals surface area contributed by atoms with Crippen LogP contribution < -0.4 is 10.2 Å². The van der Waals surface area contributed by atoms with Crippen LogP contribution >= 0.6 is 0 Å². The van der Waals surface area contributed by atoms with Crippen molar-refractivity contribution in [3.05, 3.63) is 24.3 Å². The molecule has 2 heterocycles. The lowest BCUT2D eigenvalue weighted by atomic mass is 10.1. The van der Waals surface area contributed by atoms with Crippen LogP contribution in [0.1, 0.15) is 25.7 Å². The molecule has 2 aliphatic rings. The van der Waals surface area contributed by atoms with Crippen LogP contribution in [0.15, 0.2) is 28.7 Å². The molecule has 1 amide bonds. The molecule has 1 N–H and O–H groups in total. The second kappa shape index (κ2) is 5.06. The number of hydrogen-bond donors (Lipinski definition) is 1. The number of amides is 1. The van der Waals surface area contributed by atoms with Gasteiger partial charge in [0.2, 0.25) is 5.91 Å². The van der Waals surface area contributed by atoms with E-state index in [2.05, 4.69) is 15.2 Å². The molecule has 1 saturated heterocycles. The van der Waals surface area contributed by atoms with Crippen LogP contribution in [0.25, 0.3) is 11.1 Å². The first-order valence-electron chi connectivity index (χ1n) is 7.70. The van der Waals surface area contributed by atoms with E-state index in [4.69, 9.17) is 4.42 Å². The molecule has 5 heteroatoms. The molecule has 0 radical (unpaired) electrons. The number of rotatable bonds is 3. The third kappa shape index (κ3) is 2.60. The Balaban J connectivity index is 1.39. The third-order valence-electron chi connectivity index (χ3n) is 4.34. The Bertz CT molecular complexity index is 621. The number of piperidine rings is 1. The first-order chi connectivity index (χ1) is 10.3. The van der Waals surface area contributed by atoms with Crippen molar-refractivity contribution in [1.82, 2.24) is 10.3 Å². The summed E-state index contributed by atoms with van der Waals surface area (Å²) in [6.07, 6.45) is 4.04. The summed E-state index contributed by atoms with van der Waals surface area (Å²) < 4.78 is 5.80. The number of aromatic nitrogens is 1. The minimum Gasteiger partial charge on any atom is -0.423 e. The summed E-state index contributed by atoms with van der Waals surface area (Å²) in [5, 5.41) is 3.16. The van der Waals surface area contributed by atoms with Gasteiger partial charge in [0.05, 0.1) is 0 Å². The van der Waals surface area contributed by atoms with Crippen molar-refractivity contribution >= 4 is 23.0 Å². The van der Waals surface area contributed by atoms with Gasteiger partial charge in [-0.15, -0.1) is 0 Å². The smallest absolute Gasteiger partial charge is 0.298 e. The summed E-state index contributed by atoms with van der Waals surface area (Å²) in [5.41, 5.74) is 1.73. The second-order valence-electron chi connectivity index (χ2n) is 6.01. The van der Waals surface area contributed by atoms with E-state index in [1.54, 1.807) is 0 Å². The summed E-state index contributed by atoms with van der Waals surface area (Å²) in [7, 11) is 0. The maximum atomic E-state index is 11.8. The van der Waals surface area contributed by atoms with Gasteiger partial charge in [0.15, 0.2) is 5.58 Å². The lowest BCUT2D eigenvalue weighted by molar-refractivity contribution is -0.123. The number of carbonyl (C=O) groups excluding carboxylic acids is 1. The van der Waals surface area contributed by atoms with E-state index in [-0.39, 0.29) is 5.91 Å². The quantitative estimate of drug-likeness (QED) is 0.940. The largest absolute Gasteiger partial charge is 0.423 e. The van der Waals surface area contributed by atoms with Gasteiger partial charge < -0.3 is 14.6 Å². The zero-order valence-electron chi connectivity index (χ0n) is 11.9. The van der Waals surface area contributed by atoms with Crippen LogP contribution in [0.2, 0.25) is 0 Å². The highest BCUT2D eigenvalue weighted by Crippen LogP contribution is 2.29. The van der Waals surface area contributed by atoms with Crippen molar-refractivity contribution in [3.63, 3.8) is 0 Å². The molecule has 1 saturated carbocycles. The normalized spacial score (nSPS) is 19.9. The topological polar surface area (TPSA) is 58.4 Å². The fourth-order valence-electron chi connectivity index (χ4n) is 2.87. The lowest BCUT2D eigenvalue weighted by Gasteiger charge is -2.31. The van der Waals surface area contributed by atoms with E-state index >= 15 is 0 Å². The monoisotopic (exact) mass is 285 g/mol. The number of nitrogens with one attached hydrogen (secondary N) is 1. The highest BCUT2D eigenvalue weighted by molar-refractivity contribution is 5.81. The molecule has 1 aromatic carbocycles. The number of carbonyl (C=O) groups is 1. The van der Waals surface area contributed by atoms with Crippen LogP contribution in [0.3, 0.4) is 0 Å². The Morgan fingerprint density at radius 2 is 1.95 bits per heavy atom. The molecular formula is C16H19N3O2. The standard InChI is InChI=1S/C16H19N3O2/c20-15(11-5-6-11)17-12-7-9-19(10-8-12)16-18-13-3-1-2-4-14(13)21-16/h1-4,11-12H,5-10H2,(H,17,20). The van der Waals surface area contributed by atoms with Crippen LogP contribution in [0, 0.1) is 5.92 Å². The van der Waals surface area contributed by atoms with Gasteiger partial charge in [0.25, 0.3) is 6.01 Å². The molecule has 0 spiro atoms. The maximum absolute atomic E-state index is 11.8. The Hall–Kier alpha value is -2.04. The third-order valence-corrected chi connectivity index (χ3v) is 4.34. The van der Waals surface area contributed by atoms with Crippen LogP contribution in [-0.2, 0) is 4.79 Å². The number of hydrogen-bond acceptors (Lipinski definition) is 4. The predicted octanol–water partition coefficient (Wildman–Crippen LogP) is 2.32. The second-order valence-corrected chi connectivity index (χ2v) is 6.01. The first-order valence-corrected chi connectivity index (χ1v) is 7.70. The molecule has 21 heavy (non-hydrogen) atoms. The van der Waals surface area contributed by atoms with Crippen LogP contribution in [-0.4, -0.2) is 30.0 Å². The summed E-state index contributed by atoms with van der Waals surface area (Å²) in [5.74, 6) is 0.537. The summed E-state index contributed by atoms with van der Waals surface area (Å²) >= 11 is 0. The molecule has 2 aromatic rings. The number of para-hydroxylation sites is 2. The van der Waals surface area contributed by atoms with Crippen LogP contribution in [0.4, 0.5) is 6.01 Å². The van der Waals surface area contributed by atoms with Gasteiger partial charge in [0, 0.05) is 25.0 Å². The van der Waals surface area contributed by atoms with Crippen molar-refractivity contribution in [2.45, 2.75) is 31.7 Å². The summed E-state index contributed by atoms with van der Waals surface area (Å²) in [4.78, 5) is 18.5. The maximum Gasteiger partial charge on any atom is 0.298 e. The van der Waals surface area contributed by atoms with Gasteiger partial charge in [-0.2, -0.15) is 4.98 Å². The molecule has 5 nitrogen and oxygen atoms in total. The van der Waals surface area contributed by atoms with Crippen molar-refractivity contribution in [1.29, 1.82) is 0 Å². The Morgan fingerprint density at radius 1 is 1.19 bits per heavy atom. The van der Waals surface area contributed by atoms with E-state index in [0.29, 0.717) is 18.0 Å². The highest BCUT2D eigenvalue weighted by Gasteiger charge is 2.32. The van der Waals surface area contributed by atoms with E-state index in [9.17, 15) is 4.79 Å². The molecule has 4 rings (SSSR count). The zero-order valence-corrected chi connectivity index (χ0v) is 11.9. The van der Waals surface area contributed by atoms with Crippen LogP contribution in [0.5, 0.6) is 0 Å². The number of nitrogens with zero attached hydrogens (tertiary/aromatic N) is 2. The number of anilines is 1. The van der Waals surface area contributed by atoms with Crippen molar-refractivity contribution < 1.29 is 9.21 Å². The first kappa shape index (κ1) is 12.7. The average molecular weight is 285 g/mol. The Labute approximate surface area is 123 Å². The predicted molar refractivity (Wildman–Crippen MR) is 80.1 cm³/mol. The number of fused-ring (bicyclic) bond motifs is 1. The molecule has 0 bridgehead atoms. The van der Waals surface area contributed by atoms with Crippen molar-refractivity contribution in [3.8, 4) is 0 Å². The fraction of sp³-hybridized carbons (Fsp3) is 0.500. The summed E-state index contributed by atoms with van der Waals surface area (Å²) in [6, 6.07) is 8.83. The number of benzene rings is 1. The van der Waals surface area contributed by atoms with E-state index < -0.39 is 0 Å². The molecule has 0 unspecified atom stereocenters. The van der Waals surface area contributed by atoms with Gasteiger partial charge in [-0.25, -0.2) is 0 Å². The molecule has 2 fully saturated rings. The zero-order chi connectivity index (χ0) is 14.2. The lowest BCUT2D eigenvalue weighted by Crippen LogP contribution is -2.45. The Morgan fingerprint density at radius 3 is 2.67 bits per heavy atom. The molecule has 0 atom stereocenters. The molecule has 110 valence electrons. The number of oxazole rings is 1. The van der Waals surface area contributed by atoms with E-state index in [1.807, 2.05) is 24.3 Å². The highest BCUT2D eigenvalue weighted by atomic mass is 16.4. The molecular weight excluding hydrogens is 266 g/mol. The molecule has 1 aliphatic carbocycles. The van der Waals surface area contributed by atoms with Gasteiger partial charge >= 0.3 is 0 Å². The van der Waals surface area contributed by atoms with Crippen molar-refractivity contribution in [2.75, 3.05) is 18.0 Å². The minimum atomic E-state index is 0.246. The van der Waals surface area contributed by atoms with Crippen molar-refractivity contribution in [2.24, 2.45) is 5.92 Å². The minimum absolute atomic E-state index is 0.246. The molecule has 1 aliphatic heterocycles.